The molecule has 0 aliphatic carbocycles. The normalized spacial score (nSPS) is 10.7. The van der Waals surface area contributed by atoms with Crippen LogP contribution < -0.4 is 15.8 Å². The van der Waals surface area contributed by atoms with Crippen LogP contribution in [-0.2, 0) is 6.61 Å². The first-order chi connectivity index (χ1) is 14.5. The number of amides is 1. The van der Waals surface area contributed by atoms with Crippen LogP contribution in [0.4, 0.5) is 11.5 Å². The molecular weight excluding hydrogens is 425 g/mol. The molecule has 7 nitrogen and oxygen atoms in total. The summed E-state index contributed by atoms with van der Waals surface area (Å²) < 4.78 is 5.73. The number of halogens is 2. The Balaban J connectivity index is 1.60. The first-order valence-corrected chi connectivity index (χ1v) is 9.53. The zero-order chi connectivity index (χ0) is 21.1. The molecule has 4 aromatic rings. The number of carbonyl (C=O) groups excluding carboxylic acids is 1. The van der Waals surface area contributed by atoms with Crippen molar-refractivity contribution in [3.63, 3.8) is 0 Å². The SMILES string of the molecule is NC(=O)c1nc(Nc2ccc(OCc3ccccn3)c(Cl)c2)c2c[c]c(Cl)cc2n1. The maximum Gasteiger partial charge on any atom is 0.286 e. The highest BCUT2D eigenvalue weighted by atomic mass is 35.5. The first kappa shape index (κ1) is 19.9. The summed E-state index contributed by atoms with van der Waals surface area (Å²) in [7, 11) is 0. The Morgan fingerprint density at radius 2 is 2.03 bits per heavy atom. The molecule has 1 radical (unpaired) electrons. The molecular formula is C21H14Cl2N5O2. The van der Waals surface area contributed by atoms with Crippen LogP contribution in [0.25, 0.3) is 10.9 Å². The molecule has 2 aromatic heterocycles. The number of fused-ring (bicyclic) bond motifs is 1. The van der Waals surface area contributed by atoms with Crippen LogP contribution in [-0.4, -0.2) is 20.9 Å². The molecule has 2 aromatic carbocycles. The molecule has 2 heterocycles. The first-order valence-electron chi connectivity index (χ1n) is 8.77. The molecule has 0 atom stereocenters. The number of ether oxygens (including phenoxy) is 1. The molecule has 0 aliphatic rings. The molecule has 0 fully saturated rings. The maximum absolute atomic E-state index is 11.6. The number of carbonyl (C=O) groups is 1. The van der Waals surface area contributed by atoms with Crippen LogP contribution in [0.5, 0.6) is 5.75 Å². The van der Waals surface area contributed by atoms with E-state index in [2.05, 4.69) is 26.3 Å². The highest BCUT2D eigenvalue weighted by Crippen LogP contribution is 2.31. The van der Waals surface area contributed by atoms with Crippen molar-refractivity contribution in [2.24, 2.45) is 5.73 Å². The van der Waals surface area contributed by atoms with Crippen molar-refractivity contribution in [3.05, 3.63) is 82.4 Å². The summed E-state index contributed by atoms with van der Waals surface area (Å²) in [6, 6.07) is 16.9. The topological polar surface area (TPSA) is 103 Å². The lowest BCUT2D eigenvalue weighted by Gasteiger charge is -2.12. The maximum atomic E-state index is 11.6. The van der Waals surface area contributed by atoms with Crippen LogP contribution in [0.15, 0.2) is 54.7 Å². The third-order valence-electron chi connectivity index (χ3n) is 4.11. The Morgan fingerprint density at radius 3 is 2.77 bits per heavy atom. The molecule has 0 unspecified atom stereocenters. The van der Waals surface area contributed by atoms with Crippen molar-refractivity contribution in [2.45, 2.75) is 6.61 Å². The van der Waals surface area contributed by atoms with Crippen molar-refractivity contribution in [1.82, 2.24) is 15.0 Å². The number of nitrogens with one attached hydrogen (secondary N) is 1. The number of aromatic nitrogens is 3. The van der Waals surface area contributed by atoms with E-state index in [1.807, 2.05) is 18.2 Å². The van der Waals surface area contributed by atoms with E-state index in [-0.39, 0.29) is 5.82 Å². The number of primary amides is 1. The predicted octanol–water partition coefficient (Wildman–Crippen LogP) is 4.55. The number of benzene rings is 2. The van der Waals surface area contributed by atoms with Gasteiger partial charge in [-0.2, -0.15) is 0 Å². The minimum atomic E-state index is -0.750. The summed E-state index contributed by atoms with van der Waals surface area (Å²) in [4.78, 5) is 24.2. The van der Waals surface area contributed by atoms with Gasteiger partial charge < -0.3 is 15.8 Å². The molecule has 0 bridgehead atoms. The van der Waals surface area contributed by atoms with Gasteiger partial charge in [0.1, 0.15) is 18.2 Å². The van der Waals surface area contributed by atoms with Gasteiger partial charge in [-0.1, -0.05) is 29.3 Å². The minimum Gasteiger partial charge on any atom is -0.486 e. The number of nitrogens with zero attached hydrogens (tertiary/aromatic N) is 3. The standard InChI is InChI=1S/C21H14Cl2N5O2/c22-12-4-6-15-17(9-12)27-21(19(24)29)28-20(15)26-13-5-7-18(16(23)10-13)30-11-14-3-1-2-8-25-14/h1-3,5-10H,11H2,(H2,24,29)(H,26,27,28). The van der Waals surface area contributed by atoms with Crippen LogP contribution >= 0.6 is 23.2 Å². The molecule has 1 amide bonds. The van der Waals surface area contributed by atoms with Gasteiger partial charge >= 0.3 is 0 Å². The summed E-state index contributed by atoms with van der Waals surface area (Å²) in [5, 5.41) is 4.51. The molecule has 0 saturated carbocycles. The summed E-state index contributed by atoms with van der Waals surface area (Å²) in [6.07, 6.45) is 1.70. The number of hydrogen-bond donors (Lipinski definition) is 2. The minimum absolute atomic E-state index is 0.131. The van der Waals surface area contributed by atoms with Crippen molar-refractivity contribution in [2.75, 3.05) is 5.32 Å². The van der Waals surface area contributed by atoms with Gasteiger partial charge in [-0.15, -0.1) is 0 Å². The molecule has 0 saturated heterocycles. The Kier molecular flexibility index (Phi) is 5.65. The van der Waals surface area contributed by atoms with Crippen molar-refractivity contribution < 1.29 is 9.53 Å². The largest absolute Gasteiger partial charge is 0.486 e. The Labute approximate surface area is 181 Å². The number of nitrogens with two attached hydrogens (primary N) is 1. The number of rotatable bonds is 6. The van der Waals surface area contributed by atoms with Crippen LogP contribution in [0.2, 0.25) is 10.0 Å². The smallest absolute Gasteiger partial charge is 0.286 e. The van der Waals surface area contributed by atoms with Gasteiger partial charge in [0, 0.05) is 23.3 Å². The van der Waals surface area contributed by atoms with Crippen LogP contribution in [0.3, 0.4) is 0 Å². The van der Waals surface area contributed by atoms with Crippen molar-refractivity contribution in [1.29, 1.82) is 0 Å². The number of anilines is 2. The molecule has 4 rings (SSSR count). The van der Waals surface area contributed by atoms with Gasteiger partial charge in [-0.3, -0.25) is 9.78 Å². The third-order valence-corrected chi connectivity index (χ3v) is 4.62. The van der Waals surface area contributed by atoms with E-state index in [0.29, 0.717) is 44.8 Å². The van der Waals surface area contributed by atoms with Gasteiger partial charge in [0.15, 0.2) is 0 Å². The van der Waals surface area contributed by atoms with E-state index >= 15 is 0 Å². The van der Waals surface area contributed by atoms with Gasteiger partial charge in [0.25, 0.3) is 5.91 Å². The van der Waals surface area contributed by atoms with E-state index in [4.69, 9.17) is 33.7 Å². The summed E-state index contributed by atoms with van der Waals surface area (Å²) in [5.41, 5.74) is 7.24. The lowest BCUT2D eigenvalue weighted by Crippen LogP contribution is -2.16. The van der Waals surface area contributed by atoms with E-state index in [1.54, 1.807) is 36.5 Å². The second-order valence-corrected chi connectivity index (χ2v) is 7.03. The molecule has 0 spiro atoms. The third kappa shape index (κ3) is 4.42. The van der Waals surface area contributed by atoms with Gasteiger partial charge in [-0.05, 0) is 42.5 Å². The van der Waals surface area contributed by atoms with E-state index < -0.39 is 5.91 Å². The van der Waals surface area contributed by atoms with Crippen LogP contribution in [0.1, 0.15) is 16.3 Å². The van der Waals surface area contributed by atoms with Gasteiger partial charge in [0.2, 0.25) is 5.82 Å². The van der Waals surface area contributed by atoms with Gasteiger partial charge in [-0.25, -0.2) is 9.97 Å². The quantitative estimate of drug-likeness (QED) is 0.457. The molecule has 149 valence electrons. The van der Waals surface area contributed by atoms with Gasteiger partial charge in [0.05, 0.1) is 21.3 Å². The zero-order valence-corrected chi connectivity index (χ0v) is 16.9. The second kappa shape index (κ2) is 8.52. The van der Waals surface area contributed by atoms with E-state index in [9.17, 15) is 4.79 Å². The Bertz CT molecular complexity index is 1230. The van der Waals surface area contributed by atoms with Crippen molar-refractivity contribution >= 4 is 51.5 Å². The second-order valence-electron chi connectivity index (χ2n) is 6.22. The van der Waals surface area contributed by atoms with Crippen molar-refractivity contribution in [3.8, 4) is 5.75 Å². The average molecular weight is 439 g/mol. The predicted molar refractivity (Wildman–Crippen MR) is 115 cm³/mol. The van der Waals surface area contributed by atoms with E-state index in [0.717, 1.165) is 5.69 Å². The number of pyridine rings is 1. The van der Waals surface area contributed by atoms with Crippen LogP contribution in [0, 0.1) is 6.07 Å². The summed E-state index contributed by atoms with van der Waals surface area (Å²) in [5.74, 6) is 0.00665. The fourth-order valence-electron chi connectivity index (χ4n) is 2.71. The molecule has 30 heavy (non-hydrogen) atoms. The average Bonchev–Trinajstić information content (AvgIpc) is 2.73. The summed E-state index contributed by atoms with van der Waals surface area (Å²) >= 11 is 12.4. The number of hydrogen-bond acceptors (Lipinski definition) is 6. The fourth-order valence-corrected chi connectivity index (χ4v) is 3.11. The fraction of sp³-hybridized carbons (Fsp3) is 0.0476. The highest BCUT2D eigenvalue weighted by Gasteiger charge is 2.13. The lowest BCUT2D eigenvalue weighted by atomic mass is 10.2. The van der Waals surface area contributed by atoms with E-state index in [1.165, 1.54) is 0 Å². The Hall–Kier alpha value is -3.42. The Morgan fingerprint density at radius 1 is 1.17 bits per heavy atom. The summed E-state index contributed by atoms with van der Waals surface area (Å²) in [6.45, 7) is 0.294. The highest BCUT2D eigenvalue weighted by molar-refractivity contribution is 6.32. The molecule has 0 aliphatic heterocycles. The zero-order valence-electron chi connectivity index (χ0n) is 15.4. The molecule has 3 N–H and O–H groups in total. The molecule has 9 heteroatoms. The monoisotopic (exact) mass is 438 g/mol. The lowest BCUT2D eigenvalue weighted by molar-refractivity contribution is 0.0991.